The summed E-state index contributed by atoms with van der Waals surface area (Å²) < 4.78 is 0. The second-order valence-corrected chi connectivity index (χ2v) is 4.51. The highest BCUT2D eigenvalue weighted by Gasteiger charge is 2.21. The highest BCUT2D eigenvalue weighted by Crippen LogP contribution is 2.20. The van der Waals surface area contributed by atoms with Crippen LogP contribution in [0.1, 0.15) is 29.8 Å². The first kappa shape index (κ1) is 12.5. The summed E-state index contributed by atoms with van der Waals surface area (Å²) >= 11 is 6.02. The molecule has 4 heteroatoms. The lowest BCUT2D eigenvalue weighted by molar-refractivity contribution is 0.0929. The Hall–Kier alpha value is -1.53. The molecule has 3 nitrogen and oxygen atoms in total. The summed E-state index contributed by atoms with van der Waals surface area (Å²) in [6.07, 6.45) is 0. The van der Waals surface area contributed by atoms with Gasteiger partial charge >= 0.3 is 0 Å². The van der Waals surface area contributed by atoms with E-state index in [1.165, 1.54) is 0 Å². The van der Waals surface area contributed by atoms with Gasteiger partial charge < -0.3 is 5.32 Å². The molecule has 1 N–H and O–H groups in total. The number of amides is 1. The normalized spacial score (nSPS) is 10.7. The molecule has 1 aromatic carbocycles. The van der Waals surface area contributed by atoms with E-state index in [-0.39, 0.29) is 5.91 Å². The third-order valence-electron chi connectivity index (χ3n) is 2.14. The minimum absolute atomic E-state index is 0.333. The van der Waals surface area contributed by atoms with Gasteiger partial charge in [0.25, 0.3) is 5.91 Å². The van der Waals surface area contributed by atoms with Gasteiger partial charge in [0.15, 0.2) is 0 Å². The summed E-state index contributed by atoms with van der Waals surface area (Å²) in [4.78, 5) is 11.8. The van der Waals surface area contributed by atoms with Crippen molar-refractivity contribution in [2.24, 2.45) is 0 Å². The molecule has 0 aromatic heterocycles. The molecule has 0 aliphatic heterocycles. The van der Waals surface area contributed by atoms with Gasteiger partial charge in [-0.15, -0.1) is 0 Å². The van der Waals surface area contributed by atoms with Crippen LogP contribution in [0.25, 0.3) is 0 Å². The zero-order valence-corrected chi connectivity index (χ0v) is 10.2. The van der Waals surface area contributed by atoms with Crippen molar-refractivity contribution >= 4 is 17.5 Å². The van der Waals surface area contributed by atoms with Gasteiger partial charge in [0.1, 0.15) is 5.54 Å². The fourth-order valence-corrected chi connectivity index (χ4v) is 1.41. The maximum atomic E-state index is 11.8. The van der Waals surface area contributed by atoms with E-state index < -0.39 is 5.54 Å². The number of benzene rings is 1. The van der Waals surface area contributed by atoms with Crippen molar-refractivity contribution in [2.75, 3.05) is 0 Å². The van der Waals surface area contributed by atoms with Crippen LogP contribution < -0.4 is 5.32 Å². The summed E-state index contributed by atoms with van der Waals surface area (Å²) in [5, 5.41) is 11.8. The molecule has 0 bridgehead atoms. The third-order valence-corrected chi connectivity index (χ3v) is 2.64. The molecule has 0 saturated heterocycles. The van der Waals surface area contributed by atoms with Crippen LogP contribution in [0.3, 0.4) is 0 Å². The van der Waals surface area contributed by atoms with E-state index >= 15 is 0 Å². The Morgan fingerprint density at radius 3 is 2.69 bits per heavy atom. The lowest BCUT2D eigenvalue weighted by Gasteiger charge is -2.18. The molecule has 1 amide bonds. The minimum atomic E-state index is -0.899. The van der Waals surface area contributed by atoms with Crippen LogP contribution in [0.4, 0.5) is 0 Å². The van der Waals surface area contributed by atoms with Crippen molar-refractivity contribution < 1.29 is 4.79 Å². The highest BCUT2D eigenvalue weighted by molar-refractivity contribution is 6.34. The molecule has 0 spiro atoms. The smallest absolute Gasteiger partial charge is 0.254 e. The first-order valence-corrected chi connectivity index (χ1v) is 5.24. The quantitative estimate of drug-likeness (QED) is 0.858. The summed E-state index contributed by atoms with van der Waals surface area (Å²) in [7, 11) is 0. The van der Waals surface area contributed by atoms with Gasteiger partial charge in [0.2, 0.25) is 0 Å². The molecule has 1 aromatic rings. The van der Waals surface area contributed by atoms with Gasteiger partial charge in [-0.05, 0) is 32.4 Å². The number of carbonyl (C=O) groups is 1. The largest absolute Gasteiger partial charge is 0.334 e. The Labute approximate surface area is 100 Å². The number of hydrogen-bond acceptors (Lipinski definition) is 2. The van der Waals surface area contributed by atoms with Crippen LogP contribution in [0.5, 0.6) is 0 Å². The third kappa shape index (κ3) is 2.74. The van der Waals surface area contributed by atoms with Crippen LogP contribution >= 0.6 is 11.6 Å². The molecule has 0 aliphatic carbocycles. The predicted octanol–water partition coefficient (Wildman–Crippen LogP) is 2.68. The van der Waals surface area contributed by atoms with E-state index in [2.05, 4.69) is 5.32 Å². The zero-order valence-electron chi connectivity index (χ0n) is 9.47. The molecule has 1 rings (SSSR count). The van der Waals surface area contributed by atoms with Crippen molar-refractivity contribution in [3.05, 3.63) is 34.3 Å². The number of nitriles is 1. The number of rotatable bonds is 2. The Bertz CT molecular complexity index is 461. The second-order valence-electron chi connectivity index (χ2n) is 4.13. The average molecular weight is 237 g/mol. The minimum Gasteiger partial charge on any atom is -0.334 e. The van der Waals surface area contributed by atoms with E-state index in [4.69, 9.17) is 16.9 Å². The fourth-order valence-electron chi connectivity index (χ4n) is 1.20. The van der Waals surface area contributed by atoms with E-state index in [0.29, 0.717) is 10.6 Å². The van der Waals surface area contributed by atoms with Gasteiger partial charge in [0.05, 0.1) is 16.7 Å². The van der Waals surface area contributed by atoms with Crippen molar-refractivity contribution in [1.29, 1.82) is 5.26 Å². The summed E-state index contributed by atoms with van der Waals surface area (Å²) in [6.45, 7) is 5.09. The SMILES string of the molecule is Cc1cccc(C(=O)NC(C)(C)C#N)c1Cl. The molecule has 0 unspecified atom stereocenters. The first-order chi connectivity index (χ1) is 7.37. The highest BCUT2D eigenvalue weighted by atomic mass is 35.5. The zero-order chi connectivity index (χ0) is 12.3. The molecular formula is C12H13ClN2O. The van der Waals surface area contributed by atoms with Gasteiger partial charge in [0, 0.05) is 0 Å². The summed E-state index contributed by atoms with van der Waals surface area (Å²) in [5.74, 6) is -0.333. The number of halogens is 1. The fraction of sp³-hybridized carbons (Fsp3) is 0.333. The Balaban J connectivity index is 2.99. The molecule has 0 fully saturated rings. The number of hydrogen-bond donors (Lipinski definition) is 1. The molecule has 0 heterocycles. The van der Waals surface area contributed by atoms with Gasteiger partial charge in [-0.25, -0.2) is 0 Å². The maximum absolute atomic E-state index is 11.8. The number of aryl methyl sites for hydroxylation is 1. The van der Waals surface area contributed by atoms with Crippen molar-refractivity contribution in [3.8, 4) is 6.07 Å². The molecule has 84 valence electrons. The molecule has 0 radical (unpaired) electrons. The van der Waals surface area contributed by atoms with Crippen LogP contribution in [-0.2, 0) is 0 Å². The lowest BCUT2D eigenvalue weighted by Crippen LogP contribution is -2.42. The predicted molar refractivity (Wildman–Crippen MR) is 63.3 cm³/mol. The Kier molecular flexibility index (Phi) is 3.56. The van der Waals surface area contributed by atoms with Crippen LogP contribution in [0.15, 0.2) is 18.2 Å². The molecule has 16 heavy (non-hydrogen) atoms. The summed E-state index contributed by atoms with van der Waals surface area (Å²) in [6, 6.07) is 7.23. The maximum Gasteiger partial charge on any atom is 0.254 e. The Morgan fingerprint density at radius 1 is 1.50 bits per heavy atom. The standard InChI is InChI=1S/C12H13ClN2O/c1-8-5-4-6-9(10(8)13)11(16)15-12(2,3)7-14/h4-6H,1-3H3,(H,15,16). The monoisotopic (exact) mass is 236 g/mol. The Morgan fingerprint density at radius 2 is 2.12 bits per heavy atom. The van der Waals surface area contributed by atoms with E-state index in [1.54, 1.807) is 26.0 Å². The van der Waals surface area contributed by atoms with Crippen LogP contribution in [0.2, 0.25) is 5.02 Å². The average Bonchev–Trinajstić information content (AvgIpc) is 2.21. The molecule has 0 atom stereocenters. The van der Waals surface area contributed by atoms with Gasteiger partial charge in [-0.1, -0.05) is 23.7 Å². The van der Waals surface area contributed by atoms with Gasteiger partial charge in [-0.3, -0.25) is 4.79 Å². The van der Waals surface area contributed by atoms with Crippen molar-refractivity contribution in [1.82, 2.24) is 5.32 Å². The molecular weight excluding hydrogens is 224 g/mol. The van der Waals surface area contributed by atoms with Crippen molar-refractivity contribution in [3.63, 3.8) is 0 Å². The first-order valence-electron chi connectivity index (χ1n) is 4.86. The second kappa shape index (κ2) is 4.54. The van der Waals surface area contributed by atoms with E-state index in [9.17, 15) is 4.79 Å². The number of nitrogens with zero attached hydrogens (tertiary/aromatic N) is 1. The number of nitrogens with one attached hydrogen (secondary N) is 1. The van der Waals surface area contributed by atoms with Crippen molar-refractivity contribution in [2.45, 2.75) is 26.3 Å². The topological polar surface area (TPSA) is 52.9 Å². The summed E-state index contributed by atoms with van der Waals surface area (Å²) in [5.41, 5.74) is 0.332. The number of carbonyl (C=O) groups excluding carboxylic acids is 1. The van der Waals surface area contributed by atoms with E-state index in [0.717, 1.165) is 5.56 Å². The molecule has 0 aliphatic rings. The lowest BCUT2D eigenvalue weighted by atomic mass is 10.1. The van der Waals surface area contributed by atoms with Crippen LogP contribution in [0, 0.1) is 18.3 Å². The molecule has 0 saturated carbocycles. The van der Waals surface area contributed by atoms with Crippen LogP contribution in [-0.4, -0.2) is 11.4 Å². The van der Waals surface area contributed by atoms with E-state index in [1.807, 2.05) is 19.1 Å². The van der Waals surface area contributed by atoms with Gasteiger partial charge in [-0.2, -0.15) is 5.26 Å².